The minimum atomic E-state index is -0.393. The maximum absolute atomic E-state index is 9.59. The fraction of sp³-hybridized carbons (Fsp3) is 1.00. The van der Waals surface area contributed by atoms with Gasteiger partial charge in [-0.05, 0) is 32.1 Å². The Balaban J connectivity index is 3.09. The smallest absolute Gasteiger partial charge is 0.0795 e. The molecule has 0 heterocycles. The Labute approximate surface area is 122 Å². The lowest BCUT2D eigenvalue weighted by Gasteiger charge is -2.11. The van der Waals surface area contributed by atoms with Crippen LogP contribution in [0.4, 0.5) is 0 Å². The third-order valence-electron chi connectivity index (χ3n) is 2.25. The maximum Gasteiger partial charge on any atom is 0.0795 e. The van der Waals surface area contributed by atoms with Crippen LogP contribution < -0.4 is 0 Å². The van der Waals surface area contributed by atoms with E-state index in [2.05, 4.69) is 31.9 Å². The summed E-state index contributed by atoms with van der Waals surface area (Å²) in [6.07, 6.45) is 4.64. The Morgan fingerprint density at radius 1 is 0.824 bits per heavy atom. The molecule has 1 N–H and O–H groups in total. The van der Waals surface area contributed by atoms with E-state index in [1.807, 2.05) is 0 Å². The second-order valence-corrected chi connectivity index (χ2v) is 5.51. The summed E-state index contributed by atoms with van der Waals surface area (Å²) >= 11 is 6.74. The third-order valence-corrected chi connectivity index (χ3v) is 3.37. The van der Waals surface area contributed by atoms with Crippen molar-refractivity contribution in [3.8, 4) is 0 Å². The summed E-state index contributed by atoms with van der Waals surface area (Å²) in [5, 5.41) is 11.6. The first-order valence-electron chi connectivity index (χ1n) is 6.26. The Bertz CT molecular complexity index is 148. The SMILES string of the molecule is OC(CCOCCCCBr)COCCCCBr. The minimum Gasteiger partial charge on any atom is -0.391 e. The lowest BCUT2D eigenvalue weighted by Crippen LogP contribution is -2.18. The molecule has 0 saturated heterocycles. The number of alkyl halides is 2. The predicted molar refractivity (Wildman–Crippen MR) is 78.3 cm³/mol. The highest BCUT2D eigenvalue weighted by molar-refractivity contribution is 9.09. The van der Waals surface area contributed by atoms with E-state index in [1.54, 1.807) is 0 Å². The van der Waals surface area contributed by atoms with E-state index in [1.165, 1.54) is 0 Å². The Morgan fingerprint density at radius 3 is 2.00 bits per heavy atom. The lowest BCUT2D eigenvalue weighted by molar-refractivity contribution is 0.0126. The van der Waals surface area contributed by atoms with Gasteiger partial charge in [0.2, 0.25) is 0 Å². The van der Waals surface area contributed by atoms with Gasteiger partial charge in [0.05, 0.1) is 12.7 Å². The van der Waals surface area contributed by atoms with Crippen molar-refractivity contribution in [2.75, 3.05) is 37.1 Å². The van der Waals surface area contributed by atoms with Crippen molar-refractivity contribution >= 4 is 31.9 Å². The summed E-state index contributed by atoms with van der Waals surface area (Å²) in [6, 6.07) is 0. The van der Waals surface area contributed by atoms with Crippen LogP contribution in [-0.4, -0.2) is 48.3 Å². The highest BCUT2D eigenvalue weighted by Crippen LogP contribution is 1.99. The summed E-state index contributed by atoms with van der Waals surface area (Å²) < 4.78 is 10.8. The molecule has 0 fully saturated rings. The summed E-state index contributed by atoms with van der Waals surface area (Å²) in [5.74, 6) is 0. The van der Waals surface area contributed by atoms with Gasteiger partial charge >= 0.3 is 0 Å². The van der Waals surface area contributed by atoms with Crippen molar-refractivity contribution in [3.63, 3.8) is 0 Å². The second kappa shape index (κ2) is 14.9. The summed E-state index contributed by atoms with van der Waals surface area (Å²) in [6.45, 7) is 2.56. The standard InChI is InChI=1S/C12H24Br2O3/c13-6-1-3-8-16-10-5-12(15)11-17-9-4-2-7-14/h12,15H,1-11H2. The minimum absolute atomic E-state index is 0.393. The number of aliphatic hydroxyl groups excluding tert-OH is 1. The van der Waals surface area contributed by atoms with Crippen LogP contribution in [0.2, 0.25) is 0 Å². The largest absolute Gasteiger partial charge is 0.391 e. The molecule has 0 aliphatic heterocycles. The first kappa shape index (κ1) is 17.8. The summed E-state index contributed by atoms with van der Waals surface area (Å²) in [5.41, 5.74) is 0. The highest BCUT2D eigenvalue weighted by atomic mass is 79.9. The molecule has 0 saturated carbocycles. The van der Waals surface area contributed by atoms with Gasteiger partial charge in [0, 0.05) is 30.5 Å². The Kier molecular flexibility index (Phi) is 15.6. The lowest BCUT2D eigenvalue weighted by atomic mass is 10.3. The Hall–Kier alpha value is 0.840. The van der Waals surface area contributed by atoms with Crippen LogP contribution in [0.1, 0.15) is 32.1 Å². The van der Waals surface area contributed by atoms with Gasteiger partial charge in [-0.2, -0.15) is 0 Å². The predicted octanol–water partition coefficient (Wildman–Crippen LogP) is 3.12. The van der Waals surface area contributed by atoms with Crippen LogP contribution in [0.5, 0.6) is 0 Å². The van der Waals surface area contributed by atoms with Crippen molar-refractivity contribution in [2.45, 2.75) is 38.2 Å². The fourth-order valence-corrected chi connectivity index (χ4v) is 2.01. The molecule has 5 heteroatoms. The summed E-state index contributed by atoms with van der Waals surface area (Å²) in [4.78, 5) is 0. The number of hydrogen-bond acceptors (Lipinski definition) is 3. The van der Waals surface area contributed by atoms with Gasteiger partial charge < -0.3 is 14.6 Å². The zero-order valence-electron chi connectivity index (χ0n) is 10.4. The van der Waals surface area contributed by atoms with Crippen molar-refractivity contribution < 1.29 is 14.6 Å². The van der Waals surface area contributed by atoms with Gasteiger partial charge in [-0.25, -0.2) is 0 Å². The van der Waals surface area contributed by atoms with Crippen molar-refractivity contribution in [1.29, 1.82) is 0 Å². The van der Waals surface area contributed by atoms with E-state index < -0.39 is 6.10 Å². The molecule has 0 aliphatic rings. The van der Waals surface area contributed by atoms with Gasteiger partial charge in [-0.15, -0.1) is 0 Å². The summed E-state index contributed by atoms with van der Waals surface area (Å²) in [7, 11) is 0. The van der Waals surface area contributed by atoms with E-state index >= 15 is 0 Å². The quantitative estimate of drug-likeness (QED) is 0.397. The molecule has 0 spiro atoms. The van der Waals surface area contributed by atoms with Crippen LogP contribution in [0.3, 0.4) is 0 Å². The van der Waals surface area contributed by atoms with Crippen LogP contribution in [0.25, 0.3) is 0 Å². The maximum atomic E-state index is 9.59. The number of hydrogen-bond donors (Lipinski definition) is 1. The van der Waals surface area contributed by atoms with Gasteiger partial charge in [0.1, 0.15) is 0 Å². The average molecular weight is 376 g/mol. The molecule has 3 nitrogen and oxygen atoms in total. The molecule has 0 bridgehead atoms. The molecule has 1 atom stereocenters. The van der Waals surface area contributed by atoms with Crippen molar-refractivity contribution in [2.24, 2.45) is 0 Å². The molecule has 1 unspecified atom stereocenters. The first-order valence-corrected chi connectivity index (χ1v) is 8.51. The van der Waals surface area contributed by atoms with Gasteiger partial charge in [-0.1, -0.05) is 31.9 Å². The zero-order chi connectivity index (χ0) is 12.8. The Morgan fingerprint density at radius 2 is 1.41 bits per heavy atom. The van der Waals surface area contributed by atoms with Gasteiger partial charge in [0.25, 0.3) is 0 Å². The molecule has 0 rings (SSSR count). The van der Waals surface area contributed by atoms with E-state index in [9.17, 15) is 5.11 Å². The van der Waals surface area contributed by atoms with Crippen LogP contribution >= 0.6 is 31.9 Å². The highest BCUT2D eigenvalue weighted by Gasteiger charge is 2.03. The van der Waals surface area contributed by atoms with E-state index in [4.69, 9.17) is 9.47 Å². The van der Waals surface area contributed by atoms with Crippen molar-refractivity contribution in [1.82, 2.24) is 0 Å². The zero-order valence-corrected chi connectivity index (χ0v) is 13.5. The van der Waals surface area contributed by atoms with Crippen LogP contribution in [0.15, 0.2) is 0 Å². The monoisotopic (exact) mass is 374 g/mol. The first-order chi connectivity index (χ1) is 8.31. The second-order valence-electron chi connectivity index (χ2n) is 3.92. The number of unbranched alkanes of at least 4 members (excludes halogenated alkanes) is 2. The normalized spacial score (nSPS) is 12.9. The van der Waals surface area contributed by atoms with E-state index in [-0.39, 0.29) is 0 Å². The fourth-order valence-electron chi connectivity index (χ4n) is 1.22. The van der Waals surface area contributed by atoms with Crippen LogP contribution in [0, 0.1) is 0 Å². The molecule has 0 aromatic rings. The molecule has 17 heavy (non-hydrogen) atoms. The van der Waals surface area contributed by atoms with Gasteiger partial charge in [-0.3, -0.25) is 0 Å². The number of ether oxygens (including phenoxy) is 2. The van der Waals surface area contributed by atoms with Crippen molar-refractivity contribution in [3.05, 3.63) is 0 Å². The van der Waals surface area contributed by atoms with Crippen LogP contribution in [-0.2, 0) is 9.47 Å². The third kappa shape index (κ3) is 14.8. The van der Waals surface area contributed by atoms with Gasteiger partial charge in [0.15, 0.2) is 0 Å². The number of rotatable bonds is 13. The number of halogens is 2. The molecular weight excluding hydrogens is 352 g/mol. The molecule has 0 aromatic heterocycles. The van der Waals surface area contributed by atoms with E-state index in [0.29, 0.717) is 19.6 Å². The topological polar surface area (TPSA) is 38.7 Å². The molecular formula is C12H24Br2O3. The molecule has 0 radical (unpaired) electrons. The average Bonchev–Trinajstić information content (AvgIpc) is 2.33. The number of aliphatic hydroxyl groups is 1. The van der Waals surface area contributed by atoms with E-state index in [0.717, 1.165) is 49.6 Å². The molecule has 0 amide bonds. The molecule has 0 aromatic carbocycles. The molecule has 0 aliphatic carbocycles. The molecule has 104 valence electrons.